The predicted molar refractivity (Wildman–Crippen MR) is 72.2 cm³/mol. The highest BCUT2D eigenvalue weighted by Gasteiger charge is 2.29. The quantitative estimate of drug-likeness (QED) is 0.807. The third kappa shape index (κ3) is 1.95. The summed E-state index contributed by atoms with van der Waals surface area (Å²) < 4.78 is 19.0. The third-order valence-electron chi connectivity index (χ3n) is 3.15. The van der Waals surface area contributed by atoms with Gasteiger partial charge in [-0.3, -0.25) is 4.79 Å². The van der Waals surface area contributed by atoms with Gasteiger partial charge in [0.15, 0.2) is 5.76 Å². The average molecular weight is 270 g/mol. The summed E-state index contributed by atoms with van der Waals surface area (Å²) in [5.74, 6) is -0.345. The van der Waals surface area contributed by atoms with E-state index in [9.17, 15) is 14.3 Å². The van der Waals surface area contributed by atoms with E-state index in [1.807, 2.05) is 0 Å². The van der Waals surface area contributed by atoms with Crippen molar-refractivity contribution in [2.24, 2.45) is 0 Å². The van der Waals surface area contributed by atoms with Gasteiger partial charge in [0.2, 0.25) is 5.78 Å². The van der Waals surface area contributed by atoms with E-state index < -0.39 is 5.82 Å². The summed E-state index contributed by atoms with van der Waals surface area (Å²) in [6, 6.07) is 9.00. The lowest BCUT2D eigenvalue weighted by Crippen LogP contribution is -2.00. The second kappa shape index (κ2) is 4.49. The van der Waals surface area contributed by atoms with Crippen LogP contribution >= 0.6 is 0 Å². The first-order chi connectivity index (χ1) is 9.56. The number of hydrogen-bond donors (Lipinski definition) is 1. The van der Waals surface area contributed by atoms with E-state index in [0.717, 1.165) is 0 Å². The van der Waals surface area contributed by atoms with E-state index in [2.05, 4.69) is 0 Å². The molecule has 0 atom stereocenters. The van der Waals surface area contributed by atoms with Crippen LogP contribution in [0, 0.1) is 12.7 Å². The molecule has 0 saturated heterocycles. The van der Waals surface area contributed by atoms with Gasteiger partial charge in [-0.2, -0.15) is 0 Å². The number of ether oxygens (including phenoxy) is 1. The minimum Gasteiger partial charge on any atom is -0.508 e. The lowest BCUT2D eigenvalue weighted by atomic mass is 10.0. The molecule has 0 fully saturated rings. The predicted octanol–water partition coefficient (Wildman–Crippen LogP) is 3.46. The molecule has 0 spiro atoms. The molecule has 1 N–H and O–H groups in total. The number of hydrogen-bond acceptors (Lipinski definition) is 3. The van der Waals surface area contributed by atoms with Gasteiger partial charge >= 0.3 is 0 Å². The summed E-state index contributed by atoms with van der Waals surface area (Å²) >= 11 is 0. The number of phenols is 1. The number of halogens is 1. The number of Topliss-reactive ketones (excluding diaryl/α,β-unsaturated/α-hetero) is 1. The Kier molecular flexibility index (Phi) is 2.79. The first-order valence-electron chi connectivity index (χ1n) is 6.08. The molecule has 1 aliphatic rings. The van der Waals surface area contributed by atoms with Crippen LogP contribution in [0.5, 0.6) is 11.5 Å². The Morgan fingerprint density at radius 2 is 2.00 bits per heavy atom. The van der Waals surface area contributed by atoms with Gasteiger partial charge in [-0.25, -0.2) is 4.39 Å². The molecule has 1 heterocycles. The van der Waals surface area contributed by atoms with Crippen LogP contribution < -0.4 is 4.74 Å². The fraction of sp³-hybridized carbons (Fsp3) is 0.0625. The van der Waals surface area contributed by atoms with E-state index in [-0.39, 0.29) is 22.9 Å². The average Bonchev–Trinajstić information content (AvgIpc) is 2.69. The molecule has 100 valence electrons. The summed E-state index contributed by atoms with van der Waals surface area (Å²) in [4.78, 5) is 12.2. The summed E-state index contributed by atoms with van der Waals surface area (Å²) in [6.07, 6.45) is 1.37. The minimum atomic E-state index is -0.424. The number of aryl methyl sites for hydroxylation is 1. The molecule has 2 aromatic rings. The summed E-state index contributed by atoms with van der Waals surface area (Å²) in [5, 5.41) is 9.51. The number of rotatable bonds is 1. The summed E-state index contributed by atoms with van der Waals surface area (Å²) in [6.45, 7) is 1.71. The Bertz CT molecular complexity index is 747. The van der Waals surface area contributed by atoms with E-state index >= 15 is 0 Å². The fourth-order valence-corrected chi connectivity index (χ4v) is 2.22. The fourth-order valence-electron chi connectivity index (χ4n) is 2.22. The smallest absolute Gasteiger partial charge is 0.232 e. The van der Waals surface area contributed by atoms with Crippen molar-refractivity contribution in [3.05, 3.63) is 64.7 Å². The van der Waals surface area contributed by atoms with Crippen molar-refractivity contribution >= 4 is 11.9 Å². The maximum Gasteiger partial charge on any atom is 0.232 e. The van der Waals surface area contributed by atoms with Crippen molar-refractivity contribution in [2.45, 2.75) is 6.92 Å². The maximum atomic E-state index is 13.6. The van der Waals surface area contributed by atoms with Crippen LogP contribution in [0.4, 0.5) is 4.39 Å². The van der Waals surface area contributed by atoms with Gasteiger partial charge in [0.25, 0.3) is 0 Å². The van der Waals surface area contributed by atoms with Gasteiger partial charge in [0.1, 0.15) is 17.3 Å². The largest absolute Gasteiger partial charge is 0.508 e. The molecule has 3 rings (SSSR count). The van der Waals surface area contributed by atoms with Crippen LogP contribution in [0.3, 0.4) is 0 Å². The zero-order valence-electron chi connectivity index (χ0n) is 10.7. The van der Waals surface area contributed by atoms with Crippen molar-refractivity contribution in [1.82, 2.24) is 0 Å². The molecule has 3 nitrogen and oxygen atoms in total. The number of carbonyl (C=O) groups excluding carboxylic acids is 1. The van der Waals surface area contributed by atoms with Crippen LogP contribution in [0.1, 0.15) is 21.5 Å². The molecule has 2 aromatic carbocycles. The number of carbonyl (C=O) groups is 1. The number of fused-ring (bicyclic) bond motifs is 1. The number of allylic oxidation sites excluding steroid dienone is 1. The summed E-state index contributed by atoms with van der Waals surface area (Å²) in [5.41, 5.74) is 1.32. The van der Waals surface area contributed by atoms with Crippen molar-refractivity contribution in [3.8, 4) is 11.5 Å². The van der Waals surface area contributed by atoms with Gasteiger partial charge < -0.3 is 9.84 Å². The Hall–Kier alpha value is -2.62. The van der Waals surface area contributed by atoms with E-state index in [4.69, 9.17) is 4.74 Å². The minimum absolute atomic E-state index is 0.0289. The van der Waals surface area contributed by atoms with Crippen molar-refractivity contribution in [3.63, 3.8) is 0 Å². The first kappa shape index (κ1) is 12.4. The number of phenolic OH excluding ortho intramolecular Hbond substituents is 1. The maximum absolute atomic E-state index is 13.6. The number of benzene rings is 2. The second-order valence-electron chi connectivity index (χ2n) is 4.60. The standard InChI is InChI=1S/C16H11FO3/c1-9-6-11(18)8-13-15(9)16(19)14(20-13)7-10-4-2-3-5-12(10)17/h2-8,18H,1H3. The Morgan fingerprint density at radius 3 is 2.75 bits per heavy atom. The van der Waals surface area contributed by atoms with Crippen LogP contribution in [-0.4, -0.2) is 10.9 Å². The first-order valence-corrected chi connectivity index (χ1v) is 6.08. The van der Waals surface area contributed by atoms with Crippen LogP contribution in [0.2, 0.25) is 0 Å². The molecular formula is C16H11FO3. The van der Waals surface area contributed by atoms with E-state index in [1.165, 1.54) is 24.3 Å². The van der Waals surface area contributed by atoms with Crippen LogP contribution in [0.25, 0.3) is 6.08 Å². The highest BCUT2D eigenvalue weighted by atomic mass is 19.1. The van der Waals surface area contributed by atoms with Gasteiger partial charge in [0, 0.05) is 11.6 Å². The molecule has 4 heteroatoms. The Balaban J connectivity index is 2.07. The van der Waals surface area contributed by atoms with Gasteiger partial charge in [0.05, 0.1) is 5.56 Å². The molecule has 0 saturated carbocycles. The monoisotopic (exact) mass is 270 g/mol. The normalized spacial score (nSPS) is 15.3. The zero-order chi connectivity index (χ0) is 14.3. The van der Waals surface area contributed by atoms with Crippen LogP contribution in [-0.2, 0) is 0 Å². The molecule has 20 heavy (non-hydrogen) atoms. The Morgan fingerprint density at radius 1 is 1.25 bits per heavy atom. The molecule has 0 amide bonds. The molecule has 0 aliphatic carbocycles. The Labute approximate surface area is 114 Å². The molecule has 0 unspecified atom stereocenters. The summed E-state index contributed by atoms with van der Waals surface area (Å²) in [7, 11) is 0. The van der Waals surface area contributed by atoms with Gasteiger partial charge in [-0.15, -0.1) is 0 Å². The molecular weight excluding hydrogens is 259 g/mol. The van der Waals surface area contributed by atoms with E-state index in [1.54, 1.807) is 25.1 Å². The zero-order valence-corrected chi connectivity index (χ0v) is 10.7. The molecule has 1 aliphatic heterocycles. The number of aromatic hydroxyl groups is 1. The van der Waals surface area contributed by atoms with Crippen molar-refractivity contribution in [1.29, 1.82) is 0 Å². The number of ketones is 1. The molecule has 0 bridgehead atoms. The third-order valence-corrected chi connectivity index (χ3v) is 3.15. The van der Waals surface area contributed by atoms with Crippen LogP contribution in [0.15, 0.2) is 42.2 Å². The lowest BCUT2D eigenvalue weighted by Gasteiger charge is -2.01. The molecule has 0 radical (unpaired) electrons. The SMILES string of the molecule is Cc1cc(O)cc2c1C(=O)C(=Cc1ccccc1F)O2. The highest BCUT2D eigenvalue weighted by molar-refractivity contribution is 6.15. The van der Waals surface area contributed by atoms with Crippen molar-refractivity contribution < 1.29 is 19.0 Å². The second-order valence-corrected chi connectivity index (χ2v) is 4.60. The highest BCUT2D eigenvalue weighted by Crippen LogP contribution is 2.37. The molecule has 0 aromatic heterocycles. The van der Waals surface area contributed by atoms with Crippen molar-refractivity contribution in [2.75, 3.05) is 0 Å². The van der Waals surface area contributed by atoms with E-state index in [0.29, 0.717) is 16.9 Å². The topological polar surface area (TPSA) is 46.5 Å². The lowest BCUT2D eigenvalue weighted by molar-refractivity contribution is 0.101. The van der Waals surface area contributed by atoms with Gasteiger partial charge in [-0.1, -0.05) is 18.2 Å². The van der Waals surface area contributed by atoms with Gasteiger partial charge in [-0.05, 0) is 30.7 Å².